The second-order valence-electron chi connectivity index (χ2n) is 2.36. The molecule has 0 atom stereocenters. The molecule has 58 valence electrons. The smallest absolute Gasteiger partial charge is 0.107 e. The van der Waals surface area contributed by atoms with Crippen molar-refractivity contribution in [2.24, 2.45) is 0 Å². The molecule has 0 spiro atoms. The highest BCUT2D eigenvalue weighted by atomic mass is 16.5. The summed E-state index contributed by atoms with van der Waals surface area (Å²) in [6.07, 6.45) is 5.74. The Hall–Kier alpha value is -1.16. The van der Waals surface area contributed by atoms with Crippen molar-refractivity contribution in [2.75, 3.05) is 7.11 Å². The Morgan fingerprint density at radius 1 is 1.55 bits per heavy atom. The molecule has 0 amide bonds. The van der Waals surface area contributed by atoms with E-state index in [9.17, 15) is 0 Å². The molecule has 0 aromatic carbocycles. The second kappa shape index (κ2) is 3.88. The molecule has 0 heterocycles. The molecule has 0 aromatic heterocycles. The molecule has 0 N–H and O–H groups in total. The van der Waals surface area contributed by atoms with Gasteiger partial charge in [-0.1, -0.05) is 18.8 Å². The maximum absolute atomic E-state index is 5.08. The summed E-state index contributed by atoms with van der Waals surface area (Å²) in [5, 5.41) is 0. The minimum absolute atomic E-state index is 0.733. The van der Waals surface area contributed by atoms with Crippen molar-refractivity contribution in [3.05, 3.63) is 23.5 Å². The molecule has 1 heteroatoms. The van der Waals surface area contributed by atoms with Crippen LogP contribution >= 0.6 is 0 Å². The highest BCUT2D eigenvalue weighted by molar-refractivity contribution is 5.36. The first-order valence-corrected chi connectivity index (χ1v) is 3.79. The monoisotopic (exact) mass is 148 g/mol. The van der Waals surface area contributed by atoms with Gasteiger partial charge in [0.15, 0.2) is 0 Å². The van der Waals surface area contributed by atoms with E-state index in [0.717, 1.165) is 18.6 Å². The number of rotatable bonds is 2. The van der Waals surface area contributed by atoms with Gasteiger partial charge in [0.1, 0.15) is 5.76 Å². The maximum Gasteiger partial charge on any atom is 0.107 e. The van der Waals surface area contributed by atoms with Crippen LogP contribution in [0.3, 0.4) is 0 Å². The number of methoxy groups -OCH3 is 1. The van der Waals surface area contributed by atoms with Crippen LogP contribution < -0.4 is 0 Å². The number of allylic oxidation sites excluding steroid dienone is 4. The van der Waals surface area contributed by atoms with E-state index in [0.29, 0.717) is 0 Å². The Bertz CT molecular complexity index is 248. The van der Waals surface area contributed by atoms with Crippen LogP contribution in [0.4, 0.5) is 0 Å². The lowest BCUT2D eigenvalue weighted by Crippen LogP contribution is -1.82. The third kappa shape index (κ3) is 2.16. The summed E-state index contributed by atoms with van der Waals surface area (Å²) in [7, 11) is 1.68. The van der Waals surface area contributed by atoms with E-state index < -0.39 is 0 Å². The van der Waals surface area contributed by atoms with E-state index in [2.05, 4.69) is 18.8 Å². The van der Waals surface area contributed by atoms with Gasteiger partial charge >= 0.3 is 0 Å². The van der Waals surface area contributed by atoms with Crippen LogP contribution in [0.5, 0.6) is 0 Å². The molecule has 1 nitrogen and oxygen atoms in total. The van der Waals surface area contributed by atoms with Gasteiger partial charge in [-0.15, -0.1) is 0 Å². The highest BCUT2D eigenvalue weighted by Crippen LogP contribution is 2.08. The van der Waals surface area contributed by atoms with Crippen molar-refractivity contribution in [3.8, 4) is 11.8 Å². The SMILES string of the molecule is CCC1=CC=C(OC)CC#C1. The lowest BCUT2D eigenvalue weighted by atomic mass is 10.2. The fourth-order valence-electron chi connectivity index (χ4n) is 0.885. The van der Waals surface area contributed by atoms with Crippen LogP contribution in [0, 0.1) is 11.8 Å². The maximum atomic E-state index is 5.08. The largest absolute Gasteiger partial charge is 0.500 e. The lowest BCUT2D eigenvalue weighted by Gasteiger charge is -1.97. The van der Waals surface area contributed by atoms with Gasteiger partial charge in [0.25, 0.3) is 0 Å². The summed E-state index contributed by atoms with van der Waals surface area (Å²) < 4.78 is 5.08. The van der Waals surface area contributed by atoms with E-state index in [-0.39, 0.29) is 0 Å². The quantitative estimate of drug-likeness (QED) is 0.546. The molecule has 11 heavy (non-hydrogen) atoms. The van der Waals surface area contributed by atoms with E-state index in [1.807, 2.05) is 12.2 Å². The van der Waals surface area contributed by atoms with E-state index in [1.165, 1.54) is 5.57 Å². The Morgan fingerprint density at radius 3 is 3.00 bits per heavy atom. The molecule has 0 saturated carbocycles. The summed E-state index contributed by atoms with van der Waals surface area (Å²) in [6, 6.07) is 0. The fraction of sp³-hybridized carbons (Fsp3) is 0.400. The third-order valence-corrected chi connectivity index (χ3v) is 1.63. The van der Waals surface area contributed by atoms with Crippen molar-refractivity contribution >= 4 is 0 Å². The molecule has 1 aliphatic carbocycles. The average Bonchev–Trinajstić information content (AvgIpc) is 2.28. The van der Waals surface area contributed by atoms with Crippen LogP contribution in [-0.2, 0) is 4.74 Å². The Kier molecular flexibility index (Phi) is 2.80. The first kappa shape index (κ1) is 7.94. The predicted octanol–water partition coefficient (Wildman–Crippen LogP) is 2.26. The molecule has 1 rings (SSSR count). The van der Waals surface area contributed by atoms with Crippen molar-refractivity contribution in [1.82, 2.24) is 0 Å². The molecule has 0 radical (unpaired) electrons. The van der Waals surface area contributed by atoms with Crippen molar-refractivity contribution in [3.63, 3.8) is 0 Å². The summed E-state index contributed by atoms with van der Waals surface area (Å²) in [4.78, 5) is 0. The third-order valence-electron chi connectivity index (χ3n) is 1.63. The molecular weight excluding hydrogens is 136 g/mol. The summed E-state index contributed by atoms with van der Waals surface area (Å²) in [5.41, 5.74) is 1.18. The summed E-state index contributed by atoms with van der Waals surface area (Å²) in [6.45, 7) is 2.10. The Balaban J connectivity index is 2.77. The van der Waals surface area contributed by atoms with Crippen LogP contribution in [0.25, 0.3) is 0 Å². The Labute approximate surface area is 67.8 Å². The van der Waals surface area contributed by atoms with Crippen molar-refractivity contribution in [1.29, 1.82) is 0 Å². The molecule has 0 saturated heterocycles. The predicted molar refractivity (Wildman–Crippen MR) is 45.9 cm³/mol. The van der Waals surface area contributed by atoms with Crippen molar-refractivity contribution < 1.29 is 4.74 Å². The molecule has 0 fully saturated rings. The van der Waals surface area contributed by atoms with Gasteiger partial charge in [-0.25, -0.2) is 0 Å². The first-order valence-electron chi connectivity index (χ1n) is 3.79. The zero-order valence-electron chi connectivity index (χ0n) is 6.98. The molecule has 0 aliphatic heterocycles. The van der Waals surface area contributed by atoms with Gasteiger partial charge in [0.05, 0.1) is 13.5 Å². The highest BCUT2D eigenvalue weighted by Gasteiger charge is 1.95. The standard InChI is InChI=1S/C10H12O/c1-3-9-5-4-6-10(11-2)8-7-9/h7-8H,3,6H2,1-2H3. The van der Waals surface area contributed by atoms with Gasteiger partial charge in [-0.05, 0) is 18.6 Å². The van der Waals surface area contributed by atoms with Crippen molar-refractivity contribution in [2.45, 2.75) is 19.8 Å². The fourth-order valence-corrected chi connectivity index (χ4v) is 0.885. The van der Waals surface area contributed by atoms with Crippen LogP contribution in [0.2, 0.25) is 0 Å². The molecule has 1 aliphatic rings. The van der Waals surface area contributed by atoms with Crippen LogP contribution in [0.15, 0.2) is 23.5 Å². The molecule has 0 unspecified atom stereocenters. The number of hydrogen-bond acceptors (Lipinski definition) is 1. The van der Waals surface area contributed by atoms with Crippen LogP contribution in [-0.4, -0.2) is 7.11 Å². The molecular formula is C10H12O. The normalized spacial score (nSPS) is 15.5. The van der Waals surface area contributed by atoms with Gasteiger partial charge in [-0.3, -0.25) is 0 Å². The zero-order valence-corrected chi connectivity index (χ0v) is 6.98. The van der Waals surface area contributed by atoms with Gasteiger partial charge in [-0.2, -0.15) is 0 Å². The minimum Gasteiger partial charge on any atom is -0.500 e. The van der Waals surface area contributed by atoms with E-state index >= 15 is 0 Å². The lowest BCUT2D eigenvalue weighted by molar-refractivity contribution is 0.286. The van der Waals surface area contributed by atoms with E-state index in [4.69, 9.17) is 4.74 Å². The van der Waals surface area contributed by atoms with Gasteiger partial charge in [0, 0.05) is 5.57 Å². The summed E-state index contributed by atoms with van der Waals surface area (Å²) >= 11 is 0. The Morgan fingerprint density at radius 2 is 2.36 bits per heavy atom. The van der Waals surface area contributed by atoms with E-state index in [1.54, 1.807) is 7.11 Å². The van der Waals surface area contributed by atoms with Gasteiger partial charge in [0.2, 0.25) is 0 Å². The van der Waals surface area contributed by atoms with Crippen LogP contribution in [0.1, 0.15) is 19.8 Å². The minimum atomic E-state index is 0.733. The zero-order chi connectivity index (χ0) is 8.10. The topological polar surface area (TPSA) is 9.23 Å². The van der Waals surface area contributed by atoms with Gasteiger partial charge < -0.3 is 4.74 Å². The first-order chi connectivity index (χ1) is 5.36. The number of ether oxygens (including phenoxy) is 1. The number of hydrogen-bond donors (Lipinski definition) is 0. The molecule has 0 bridgehead atoms. The molecule has 0 aromatic rings. The summed E-state index contributed by atoms with van der Waals surface area (Å²) in [5.74, 6) is 7.06. The second-order valence-corrected chi connectivity index (χ2v) is 2.36. The average molecular weight is 148 g/mol.